The summed E-state index contributed by atoms with van der Waals surface area (Å²) in [5.74, 6) is 3.39. The van der Waals surface area contributed by atoms with Gasteiger partial charge in [0.15, 0.2) is 0 Å². The number of hydrogen-bond donors (Lipinski definition) is 0. The Bertz CT molecular complexity index is 447. The number of carbonyl (C=O) groups is 1. The molecule has 0 aliphatic carbocycles. The van der Waals surface area contributed by atoms with Crippen LogP contribution < -0.4 is 4.74 Å². The summed E-state index contributed by atoms with van der Waals surface area (Å²) < 4.78 is 5.39. The van der Waals surface area contributed by atoms with E-state index in [9.17, 15) is 4.79 Å². The summed E-state index contributed by atoms with van der Waals surface area (Å²) in [5.41, 5.74) is 0. The number of esters is 1. The van der Waals surface area contributed by atoms with Gasteiger partial charge in [-0.25, -0.2) is 0 Å². The SMILES string of the molecule is CCCCC(CC)CCCCCSCC(C)C(=O)Oc1ccccc1. The van der Waals surface area contributed by atoms with Crippen LogP contribution in [0, 0.1) is 11.8 Å². The second kappa shape index (κ2) is 14.2. The van der Waals surface area contributed by atoms with Crippen LogP contribution in [-0.2, 0) is 4.79 Å². The Balaban J connectivity index is 2.04. The third-order valence-electron chi connectivity index (χ3n) is 4.68. The highest BCUT2D eigenvalue weighted by Gasteiger charge is 2.15. The van der Waals surface area contributed by atoms with Crippen molar-refractivity contribution < 1.29 is 9.53 Å². The maximum absolute atomic E-state index is 12.0. The molecule has 0 bridgehead atoms. The molecule has 1 rings (SSSR count). The zero-order chi connectivity index (χ0) is 18.3. The van der Waals surface area contributed by atoms with Crippen LogP contribution in [0.3, 0.4) is 0 Å². The van der Waals surface area contributed by atoms with Crippen molar-refractivity contribution in [2.75, 3.05) is 11.5 Å². The molecule has 1 aromatic rings. The first-order valence-corrected chi connectivity index (χ1v) is 11.2. The highest BCUT2D eigenvalue weighted by Crippen LogP contribution is 2.21. The molecular weight excluding hydrogens is 328 g/mol. The molecule has 142 valence electrons. The van der Waals surface area contributed by atoms with E-state index in [1.807, 2.05) is 49.0 Å². The number of carbonyl (C=O) groups excluding carboxylic acids is 1. The minimum atomic E-state index is -0.125. The molecule has 0 aliphatic heterocycles. The van der Waals surface area contributed by atoms with Crippen LogP contribution in [0.5, 0.6) is 5.75 Å². The fourth-order valence-corrected chi connectivity index (χ4v) is 3.96. The maximum atomic E-state index is 12.0. The van der Waals surface area contributed by atoms with Gasteiger partial charge < -0.3 is 4.74 Å². The summed E-state index contributed by atoms with van der Waals surface area (Å²) in [5, 5.41) is 0. The van der Waals surface area contributed by atoms with Crippen molar-refractivity contribution in [2.45, 2.75) is 72.1 Å². The smallest absolute Gasteiger partial charge is 0.314 e. The van der Waals surface area contributed by atoms with Crippen LogP contribution >= 0.6 is 11.8 Å². The van der Waals surface area contributed by atoms with Crippen LogP contribution in [0.4, 0.5) is 0 Å². The highest BCUT2D eigenvalue weighted by atomic mass is 32.2. The number of rotatable bonds is 14. The second-order valence-corrected chi connectivity index (χ2v) is 8.13. The predicted molar refractivity (Wildman–Crippen MR) is 110 cm³/mol. The van der Waals surface area contributed by atoms with E-state index in [1.54, 1.807) is 0 Å². The lowest BCUT2D eigenvalue weighted by Crippen LogP contribution is -2.19. The van der Waals surface area contributed by atoms with Gasteiger partial charge in [0.25, 0.3) is 0 Å². The molecule has 2 unspecified atom stereocenters. The van der Waals surface area contributed by atoms with Crippen molar-refractivity contribution in [3.63, 3.8) is 0 Å². The van der Waals surface area contributed by atoms with E-state index in [0.717, 1.165) is 17.4 Å². The van der Waals surface area contributed by atoms with Crippen molar-refractivity contribution in [3.8, 4) is 5.75 Å². The van der Waals surface area contributed by atoms with Crippen molar-refractivity contribution in [1.82, 2.24) is 0 Å². The largest absolute Gasteiger partial charge is 0.426 e. The van der Waals surface area contributed by atoms with Gasteiger partial charge >= 0.3 is 5.97 Å². The van der Waals surface area contributed by atoms with Gasteiger partial charge in [-0.05, 0) is 30.2 Å². The number of unbranched alkanes of at least 4 members (excludes halogenated alkanes) is 3. The fraction of sp³-hybridized carbons (Fsp3) is 0.682. The number of thioether (sulfide) groups is 1. The van der Waals surface area contributed by atoms with E-state index in [4.69, 9.17) is 4.74 Å². The molecule has 0 spiro atoms. The number of benzene rings is 1. The predicted octanol–water partition coefficient (Wildman–Crippen LogP) is 6.74. The van der Waals surface area contributed by atoms with Gasteiger partial charge in [-0.3, -0.25) is 4.79 Å². The molecule has 0 N–H and O–H groups in total. The van der Waals surface area contributed by atoms with Crippen molar-refractivity contribution in [1.29, 1.82) is 0 Å². The summed E-state index contributed by atoms with van der Waals surface area (Å²) >= 11 is 1.88. The molecule has 1 aromatic carbocycles. The molecule has 0 saturated heterocycles. The van der Waals surface area contributed by atoms with Gasteiger partial charge in [-0.2, -0.15) is 11.8 Å². The van der Waals surface area contributed by atoms with Crippen LogP contribution in [0.1, 0.15) is 72.1 Å². The van der Waals surface area contributed by atoms with Crippen molar-refractivity contribution in [2.24, 2.45) is 11.8 Å². The molecule has 0 aliphatic rings. The fourth-order valence-electron chi connectivity index (χ4n) is 2.89. The molecule has 0 saturated carbocycles. The summed E-state index contributed by atoms with van der Waals surface area (Å²) in [6, 6.07) is 9.33. The first-order chi connectivity index (χ1) is 12.2. The Morgan fingerprint density at radius 2 is 1.76 bits per heavy atom. The maximum Gasteiger partial charge on any atom is 0.314 e. The van der Waals surface area contributed by atoms with Crippen LogP contribution in [0.25, 0.3) is 0 Å². The topological polar surface area (TPSA) is 26.3 Å². The first kappa shape index (κ1) is 22.1. The Hall–Kier alpha value is -0.960. The third-order valence-corrected chi connectivity index (χ3v) is 5.99. The molecule has 0 heterocycles. The van der Waals surface area contributed by atoms with Gasteiger partial charge in [0, 0.05) is 5.75 Å². The molecule has 0 aromatic heterocycles. The minimum Gasteiger partial charge on any atom is -0.426 e. The molecular formula is C22H36O2S. The number of para-hydroxylation sites is 1. The van der Waals surface area contributed by atoms with E-state index in [-0.39, 0.29) is 11.9 Å². The molecule has 25 heavy (non-hydrogen) atoms. The van der Waals surface area contributed by atoms with E-state index in [2.05, 4.69) is 13.8 Å². The molecule has 2 nitrogen and oxygen atoms in total. The average Bonchev–Trinajstić information content (AvgIpc) is 2.64. The minimum absolute atomic E-state index is 0.0521. The Morgan fingerprint density at radius 1 is 1.04 bits per heavy atom. The molecule has 2 atom stereocenters. The second-order valence-electron chi connectivity index (χ2n) is 6.98. The first-order valence-electron chi connectivity index (χ1n) is 10.0. The van der Waals surface area contributed by atoms with Gasteiger partial charge in [0.05, 0.1) is 5.92 Å². The average molecular weight is 365 g/mol. The summed E-state index contributed by atoms with van der Waals surface area (Å²) in [4.78, 5) is 12.0. The lowest BCUT2D eigenvalue weighted by atomic mass is 9.93. The van der Waals surface area contributed by atoms with E-state index < -0.39 is 0 Å². The van der Waals surface area contributed by atoms with Gasteiger partial charge in [-0.1, -0.05) is 83.9 Å². The van der Waals surface area contributed by atoms with E-state index >= 15 is 0 Å². The lowest BCUT2D eigenvalue weighted by molar-refractivity contribution is -0.137. The summed E-state index contributed by atoms with van der Waals surface area (Å²) in [7, 11) is 0. The van der Waals surface area contributed by atoms with Gasteiger partial charge in [0.2, 0.25) is 0 Å². The van der Waals surface area contributed by atoms with Gasteiger partial charge in [0.1, 0.15) is 5.75 Å². The number of hydrogen-bond acceptors (Lipinski definition) is 3. The summed E-state index contributed by atoms with van der Waals surface area (Å²) in [6.07, 6.45) is 10.8. The van der Waals surface area contributed by atoms with E-state index in [0.29, 0.717) is 5.75 Å². The zero-order valence-electron chi connectivity index (χ0n) is 16.3. The normalized spacial score (nSPS) is 13.4. The quantitative estimate of drug-likeness (QED) is 0.208. The highest BCUT2D eigenvalue weighted by molar-refractivity contribution is 7.99. The van der Waals surface area contributed by atoms with Crippen molar-refractivity contribution in [3.05, 3.63) is 30.3 Å². The van der Waals surface area contributed by atoms with Crippen molar-refractivity contribution >= 4 is 17.7 Å². The van der Waals surface area contributed by atoms with Crippen LogP contribution in [0.2, 0.25) is 0 Å². The summed E-state index contributed by atoms with van der Waals surface area (Å²) in [6.45, 7) is 6.56. The molecule has 0 fully saturated rings. The Kier molecular flexibility index (Phi) is 12.6. The Morgan fingerprint density at radius 3 is 2.44 bits per heavy atom. The molecule has 0 radical (unpaired) electrons. The van der Waals surface area contributed by atoms with Crippen LogP contribution in [-0.4, -0.2) is 17.5 Å². The van der Waals surface area contributed by atoms with Gasteiger partial charge in [-0.15, -0.1) is 0 Å². The number of ether oxygens (including phenoxy) is 1. The molecule has 0 amide bonds. The standard InChI is InChI=1S/C22H36O2S/c1-4-6-13-20(5-2)14-9-8-12-17-25-18-19(3)22(23)24-21-15-10-7-11-16-21/h7,10-11,15-16,19-20H,4-6,8-9,12-14,17-18H2,1-3H3. The molecule has 3 heteroatoms. The van der Waals surface area contributed by atoms with E-state index in [1.165, 1.54) is 51.4 Å². The zero-order valence-corrected chi connectivity index (χ0v) is 17.2. The third kappa shape index (κ3) is 10.6. The monoisotopic (exact) mass is 364 g/mol. The Labute approximate surface area is 159 Å². The lowest BCUT2D eigenvalue weighted by Gasteiger charge is -2.14. The van der Waals surface area contributed by atoms with Crippen LogP contribution in [0.15, 0.2) is 30.3 Å².